The molecule has 5 rings (SSSR count). The zero-order valence-electron chi connectivity index (χ0n) is 23.5. The van der Waals surface area contributed by atoms with Gasteiger partial charge in [-0.25, -0.2) is 0 Å². The third-order valence-corrected chi connectivity index (χ3v) is 8.40. The number of carbonyl (C=O) groups is 1. The van der Waals surface area contributed by atoms with Crippen LogP contribution in [0, 0.1) is 11.3 Å². The Bertz CT molecular complexity index is 2160. The summed E-state index contributed by atoms with van der Waals surface area (Å²) in [6, 6.07) is 25.3. The van der Waals surface area contributed by atoms with Crippen molar-refractivity contribution < 1.29 is 40.2 Å². The van der Waals surface area contributed by atoms with Gasteiger partial charge in [0.05, 0.1) is 4.90 Å². The van der Waals surface area contributed by atoms with Gasteiger partial charge in [0.2, 0.25) is 0 Å². The quantitative estimate of drug-likeness (QED) is 0.0852. The minimum atomic E-state index is -4.91. The Labute approximate surface area is 263 Å². The Morgan fingerprint density at radius 2 is 1.15 bits per heavy atom. The van der Waals surface area contributed by atoms with Crippen LogP contribution >= 0.6 is 0 Å². The van der Waals surface area contributed by atoms with E-state index in [1.807, 2.05) is 6.07 Å². The molecule has 0 radical (unpaired) electrons. The fourth-order valence-corrected chi connectivity index (χ4v) is 5.63. The summed E-state index contributed by atoms with van der Waals surface area (Å²) in [4.78, 5) is 12.8. The molecular weight excluding hydrogens is 634 g/mol. The summed E-state index contributed by atoms with van der Waals surface area (Å²) in [6.45, 7) is 0. The smallest absolute Gasteiger partial charge is 0.295 e. The number of nitrogens with zero attached hydrogens (tertiary/aromatic N) is 1. The van der Waals surface area contributed by atoms with E-state index in [-0.39, 0.29) is 39.3 Å². The lowest BCUT2D eigenvalue weighted by Crippen LogP contribution is -2.07. The van der Waals surface area contributed by atoms with Crippen molar-refractivity contribution in [3.63, 3.8) is 0 Å². The molecule has 0 unspecified atom stereocenters. The summed E-state index contributed by atoms with van der Waals surface area (Å²) in [5, 5.41) is 10.0. The van der Waals surface area contributed by atoms with Gasteiger partial charge in [-0.3, -0.25) is 13.9 Å². The Morgan fingerprint density at radius 3 is 1.59 bits per heavy atom. The molecule has 0 aromatic heterocycles. The number of rotatable bonds is 9. The predicted molar refractivity (Wildman–Crippen MR) is 168 cm³/mol. The van der Waals surface area contributed by atoms with E-state index >= 15 is 0 Å². The molecule has 0 atom stereocenters. The van der Waals surface area contributed by atoms with Gasteiger partial charge < -0.3 is 20.9 Å². The summed E-state index contributed by atoms with van der Waals surface area (Å²) in [6.07, 6.45) is 0. The van der Waals surface area contributed by atoms with Gasteiger partial charge in [-0.1, -0.05) is 24.3 Å². The number of ether oxygens (including phenoxy) is 2. The fraction of sp³-hybridized carbons (Fsp3) is 0. The van der Waals surface area contributed by atoms with Crippen LogP contribution in [0.25, 0.3) is 11.1 Å². The van der Waals surface area contributed by atoms with Crippen molar-refractivity contribution in [2.45, 2.75) is 9.79 Å². The molecule has 14 heteroatoms. The van der Waals surface area contributed by atoms with Gasteiger partial charge in [0.1, 0.15) is 39.5 Å². The molecule has 0 bridgehead atoms. The van der Waals surface area contributed by atoms with Gasteiger partial charge in [0.25, 0.3) is 20.2 Å². The lowest BCUT2D eigenvalue weighted by atomic mass is 9.98. The lowest BCUT2D eigenvalue weighted by Gasteiger charge is -2.15. The molecule has 0 spiro atoms. The molecule has 5 aromatic carbocycles. The molecule has 0 saturated heterocycles. The van der Waals surface area contributed by atoms with E-state index in [1.54, 1.807) is 48.5 Å². The second-order valence-corrected chi connectivity index (χ2v) is 12.6. The van der Waals surface area contributed by atoms with Gasteiger partial charge >= 0.3 is 0 Å². The molecule has 6 N–H and O–H groups in total. The maximum atomic E-state index is 13.8. The van der Waals surface area contributed by atoms with Crippen molar-refractivity contribution >= 4 is 37.4 Å². The Kier molecular flexibility index (Phi) is 8.51. The standard InChI is InChI=1S/C32H23N3O9S2/c33-18-28-29(43-24-8-4-22(34)5-9-24)15-21(16-30(28)44-25-10-6-23(35)7-11-25)32(36)20-3-14-27(31(17-20)46(40,41)42)19-1-12-26(13-2-19)45(37,38)39/h1-17H,34-35H2,(H,37,38,39)(H,40,41,42). The SMILES string of the molecule is N#Cc1c(Oc2ccc(N)cc2)cc(C(=O)c2ccc(-c3ccc(S(=O)(=O)O)cc3)c(S(=O)(=O)O)c2)cc1Oc1ccc(N)cc1. The first-order valence-electron chi connectivity index (χ1n) is 13.1. The van der Waals surface area contributed by atoms with Gasteiger partial charge in [0.15, 0.2) is 5.78 Å². The number of anilines is 2. The van der Waals surface area contributed by atoms with Crippen molar-refractivity contribution in [3.05, 3.63) is 120 Å². The molecule has 5 aromatic rings. The molecule has 0 aliphatic carbocycles. The van der Waals surface area contributed by atoms with E-state index in [1.165, 1.54) is 36.4 Å². The van der Waals surface area contributed by atoms with E-state index in [0.29, 0.717) is 22.9 Å². The maximum absolute atomic E-state index is 13.8. The lowest BCUT2D eigenvalue weighted by molar-refractivity contribution is 0.103. The van der Waals surface area contributed by atoms with Crippen molar-refractivity contribution in [1.29, 1.82) is 5.26 Å². The summed E-state index contributed by atoms with van der Waals surface area (Å²) in [5.41, 5.74) is 12.3. The van der Waals surface area contributed by atoms with E-state index < -0.39 is 35.8 Å². The first-order chi connectivity index (χ1) is 21.7. The Morgan fingerprint density at radius 1 is 0.652 bits per heavy atom. The molecule has 0 saturated carbocycles. The monoisotopic (exact) mass is 657 g/mol. The highest BCUT2D eigenvalue weighted by Crippen LogP contribution is 2.37. The van der Waals surface area contributed by atoms with Crippen LogP contribution in [0.4, 0.5) is 11.4 Å². The molecule has 0 fully saturated rings. The molecule has 232 valence electrons. The fourth-order valence-electron chi connectivity index (χ4n) is 4.41. The van der Waals surface area contributed by atoms with E-state index in [9.17, 15) is 36.0 Å². The Balaban J connectivity index is 1.61. The summed E-state index contributed by atoms with van der Waals surface area (Å²) < 4.78 is 78.9. The third-order valence-electron chi connectivity index (χ3n) is 6.64. The number of nitrogens with two attached hydrogens (primary N) is 2. The average Bonchev–Trinajstić information content (AvgIpc) is 3.02. The average molecular weight is 658 g/mol. The van der Waals surface area contributed by atoms with Crippen molar-refractivity contribution in [3.8, 4) is 40.2 Å². The van der Waals surface area contributed by atoms with Crippen LogP contribution in [-0.4, -0.2) is 31.7 Å². The highest BCUT2D eigenvalue weighted by atomic mass is 32.2. The number of nitriles is 1. The minimum absolute atomic E-state index is 0.0412. The normalized spacial score (nSPS) is 11.4. The van der Waals surface area contributed by atoms with Gasteiger partial charge in [0, 0.05) is 28.1 Å². The summed E-state index contributed by atoms with van der Waals surface area (Å²) >= 11 is 0. The number of hydrogen-bond acceptors (Lipinski definition) is 10. The number of hydrogen-bond donors (Lipinski definition) is 4. The van der Waals surface area contributed by atoms with Gasteiger partial charge in [-0.15, -0.1) is 0 Å². The molecule has 0 aliphatic rings. The van der Waals surface area contributed by atoms with E-state index in [0.717, 1.165) is 18.2 Å². The summed E-state index contributed by atoms with van der Waals surface area (Å²) in [5.74, 6) is -0.214. The van der Waals surface area contributed by atoms with Crippen LogP contribution in [0.1, 0.15) is 21.5 Å². The maximum Gasteiger partial charge on any atom is 0.295 e. The first-order valence-corrected chi connectivity index (χ1v) is 16.0. The van der Waals surface area contributed by atoms with Gasteiger partial charge in [-0.2, -0.15) is 22.1 Å². The number of nitrogen functional groups attached to an aromatic ring is 2. The van der Waals surface area contributed by atoms with Crippen LogP contribution in [-0.2, 0) is 20.2 Å². The zero-order chi connectivity index (χ0) is 33.2. The van der Waals surface area contributed by atoms with Crippen LogP contribution < -0.4 is 20.9 Å². The van der Waals surface area contributed by atoms with Crippen molar-refractivity contribution in [2.24, 2.45) is 0 Å². The highest BCUT2D eigenvalue weighted by Gasteiger charge is 2.24. The highest BCUT2D eigenvalue weighted by molar-refractivity contribution is 7.86. The largest absolute Gasteiger partial charge is 0.456 e. The number of ketones is 1. The predicted octanol–water partition coefficient (Wildman–Crippen LogP) is 5.70. The third kappa shape index (κ3) is 6.98. The van der Waals surface area contributed by atoms with Crippen LogP contribution in [0.2, 0.25) is 0 Å². The van der Waals surface area contributed by atoms with E-state index in [4.69, 9.17) is 20.9 Å². The summed E-state index contributed by atoms with van der Waals surface area (Å²) in [7, 11) is -9.42. The van der Waals surface area contributed by atoms with Gasteiger partial charge in [-0.05, 0) is 84.4 Å². The molecule has 12 nitrogen and oxygen atoms in total. The number of benzene rings is 5. The van der Waals surface area contributed by atoms with Crippen molar-refractivity contribution in [2.75, 3.05) is 11.5 Å². The van der Waals surface area contributed by atoms with Crippen LogP contribution in [0.5, 0.6) is 23.0 Å². The molecule has 0 amide bonds. The first kappa shape index (κ1) is 31.7. The molecule has 46 heavy (non-hydrogen) atoms. The zero-order valence-corrected chi connectivity index (χ0v) is 25.1. The molecular formula is C32H23N3O9S2. The van der Waals surface area contributed by atoms with Crippen molar-refractivity contribution in [1.82, 2.24) is 0 Å². The minimum Gasteiger partial charge on any atom is -0.456 e. The molecule has 0 heterocycles. The van der Waals surface area contributed by atoms with Crippen LogP contribution in [0.15, 0.2) is 113 Å². The topological polar surface area (TPSA) is 220 Å². The molecule has 0 aliphatic heterocycles. The van der Waals surface area contributed by atoms with E-state index in [2.05, 4.69) is 0 Å². The second-order valence-electron chi connectivity index (χ2n) is 9.82. The van der Waals surface area contributed by atoms with Crippen LogP contribution in [0.3, 0.4) is 0 Å². The number of carbonyl (C=O) groups excluding carboxylic acids is 1. The second kappa shape index (κ2) is 12.3. The Hall–Kier alpha value is -5.72.